The van der Waals surface area contributed by atoms with Crippen molar-refractivity contribution in [3.8, 4) is 11.8 Å². The number of allylic oxidation sites excluding steroid dienone is 4. The highest BCUT2D eigenvalue weighted by Gasteiger charge is 2.79. The second kappa shape index (κ2) is 10.0. The van der Waals surface area contributed by atoms with Crippen LogP contribution >= 0.6 is 23.4 Å². The van der Waals surface area contributed by atoms with Gasteiger partial charge in [0.15, 0.2) is 17.1 Å². The van der Waals surface area contributed by atoms with Crippen molar-refractivity contribution in [2.75, 3.05) is 12.3 Å². The Morgan fingerprint density at radius 3 is 2.68 bits per heavy atom. The summed E-state index contributed by atoms with van der Waals surface area (Å²) in [5.74, 6) is 4.11. The lowest BCUT2D eigenvalue weighted by Crippen LogP contribution is -2.70. The summed E-state index contributed by atoms with van der Waals surface area (Å²) in [4.78, 5) is 33.0. The van der Waals surface area contributed by atoms with Gasteiger partial charge in [-0.25, -0.2) is 8.78 Å². The third-order valence-corrected chi connectivity index (χ3v) is 11.8. The number of benzene rings is 1. The predicted octanol–water partition coefficient (Wildman–Crippen LogP) is 5.65. The first kappa shape index (κ1) is 29.1. The van der Waals surface area contributed by atoms with Crippen molar-refractivity contribution in [2.24, 2.45) is 28.6 Å². The summed E-state index contributed by atoms with van der Waals surface area (Å²) in [6, 6.07) is 7.42. The van der Waals surface area contributed by atoms with Crippen molar-refractivity contribution >= 4 is 34.3 Å². The van der Waals surface area contributed by atoms with Crippen LogP contribution in [0.1, 0.15) is 45.6 Å². The summed E-state index contributed by atoms with van der Waals surface area (Å²) in [5, 5.41) is 14.0. The van der Waals surface area contributed by atoms with Gasteiger partial charge >= 0.3 is 0 Å². The Balaban J connectivity index is 1.40. The summed E-state index contributed by atoms with van der Waals surface area (Å²) in [7, 11) is 0. The zero-order chi connectivity index (χ0) is 29.4. The van der Waals surface area contributed by atoms with E-state index in [9.17, 15) is 14.7 Å². The maximum Gasteiger partial charge on any atom is 0.224 e. The van der Waals surface area contributed by atoms with E-state index in [1.54, 1.807) is 31.0 Å². The number of thioether (sulfide) groups is 1. The molecule has 0 radical (unpaired) electrons. The van der Waals surface area contributed by atoms with Crippen molar-refractivity contribution in [1.82, 2.24) is 5.06 Å². The van der Waals surface area contributed by atoms with Crippen molar-refractivity contribution in [3.63, 3.8) is 0 Å². The number of carbonyl (C=O) groups excluding carboxylic acids is 2. The highest BCUT2D eigenvalue weighted by atomic mass is 35.5. The third-order valence-electron chi connectivity index (χ3n) is 10.7. The molecule has 5 aliphatic rings. The number of carbonyl (C=O) groups is 2. The van der Waals surface area contributed by atoms with Crippen LogP contribution < -0.4 is 0 Å². The minimum absolute atomic E-state index is 0.0245. The van der Waals surface area contributed by atoms with Crippen LogP contribution in [0.15, 0.2) is 48.1 Å². The van der Waals surface area contributed by atoms with E-state index < -0.39 is 46.2 Å². The van der Waals surface area contributed by atoms with Gasteiger partial charge in [-0.2, -0.15) is 5.06 Å². The van der Waals surface area contributed by atoms with Gasteiger partial charge in [-0.05, 0) is 74.4 Å². The first-order chi connectivity index (χ1) is 19.4. The highest BCUT2D eigenvalue weighted by Crippen LogP contribution is 2.73. The molecule has 1 heterocycles. The van der Waals surface area contributed by atoms with Crippen LogP contribution in [-0.2, 0) is 21.0 Å². The fourth-order valence-corrected chi connectivity index (χ4v) is 9.96. The number of halogens is 3. The second-order valence-corrected chi connectivity index (χ2v) is 14.0. The highest BCUT2D eigenvalue weighted by molar-refractivity contribution is 8.14. The molecule has 0 aromatic heterocycles. The van der Waals surface area contributed by atoms with Crippen molar-refractivity contribution < 1.29 is 28.3 Å². The van der Waals surface area contributed by atoms with E-state index in [0.29, 0.717) is 30.3 Å². The standard InChI is InChI=1S/C32H34ClF2NO4S/c1-4-5-12-41-28(39)32-20(18-36(40-32)17-19-6-8-21(33)9-7-19)13-23-24-15-26(34)25-14-22(37)10-11-29(25,2)31(24,35)27(38)16-30(23,32)3/h6-11,14,20,23-24,26-27,38H,12-13,15-18H2,1-3H3/t20-,23-,24-,26-,27-,29-,30-,31-,32-/m0/s1. The lowest BCUT2D eigenvalue weighted by Gasteiger charge is -2.63. The number of rotatable bonds is 4. The summed E-state index contributed by atoms with van der Waals surface area (Å²) in [6.07, 6.45) is 1.17. The molecule has 9 atom stereocenters. The molecule has 0 amide bonds. The minimum atomic E-state index is -2.20. The van der Waals surface area contributed by atoms with Gasteiger partial charge in [0.25, 0.3) is 0 Å². The largest absolute Gasteiger partial charge is 0.390 e. The molecule has 0 spiro atoms. The molecule has 4 aliphatic carbocycles. The molecule has 5 nitrogen and oxygen atoms in total. The van der Waals surface area contributed by atoms with Gasteiger partial charge in [-0.3, -0.25) is 14.4 Å². The number of hydroxylamine groups is 2. The Hall–Kier alpha value is -2.02. The number of aliphatic hydroxyl groups is 1. The number of fused-ring (bicyclic) bond motifs is 7. The van der Waals surface area contributed by atoms with E-state index in [4.69, 9.17) is 16.4 Å². The molecular weight excluding hydrogens is 568 g/mol. The molecule has 0 unspecified atom stereocenters. The van der Waals surface area contributed by atoms with Crippen LogP contribution in [-0.4, -0.2) is 56.9 Å². The van der Waals surface area contributed by atoms with E-state index in [-0.39, 0.29) is 35.2 Å². The Kier molecular flexibility index (Phi) is 7.11. The average molecular weight is 602 g/mol. The number of hydrogen-bond acceptors (Lipinski definition) is 6. The quantitative estimate of drug-likeness (QED) is 0.450. The number of ketones is 1. The van der Waals surface area contributed by atoms with Crippen LogP contribution in [0.4, 0.5) is 8.78 Å². The summed E-state index contributed by atoms with van der Waals surface area (Å²) in [5.41, 5.74) is -4.89. The maximum absolute atomic E-state index is 17.6. The smallest absolute Gasteiger partial charge is 0.224 e. The molecule has 0 bridgehead atoms. The molecule has 1 aromatic rings. The van der Waals surface area contributed by atoms with Gasteiger partial charge in [0.1, 0.15) is 6.17 Å². The Bertz CT molecular complexity index is 1410. The third kappa shape index (κ3) is 3.99. The van der Waals surface area contributed by atoms with Crippen molar-refractivity contribution in [2.45, 2.75) is 70.1 Å². The molecule has 4 fully saturated rings. The fraction of sp³-hybridized carbons (Fsp3) is 0.562. The lowest BCUT2D eigenvalue weighted by atomic mass is 9.44. The van der Waals surface area contributed by atoms with E-state index >= 15 is 8.78 Å². The number of hydrogen-bond donors (Lipinski definition) is 1. The molecular formula is C32H34ClF2NO4S. The zero-order valence-electron chi connectivity index (χ0n) is 23.3. The van der Waals surface area contributed by atoms with E-state index in [1.165, 1.54) is 18.2 Å². The Labute approximate surface area is 248 Å². The molecule has 1 aliphatic heterocycles. The monoisotopic (exact) mass is 601 g/mol. The number of nitrogens with zero attached hydrogens (tertiary/aromatic N) is 1. The van der Waals surface area contributed by atoms with Gasteiger partial charge in [0, 0.05) is 40.8 Å². The first-order valence-corrected chi connectivity index (χ1v) is 15.5. The molecule has 218 valence electrons. The molecule has 9 heteroatoms. The topological polar surface area (TPSA) is 66.8 Å². The molecule has 3 saturated carbocycles. The van der Waals surface area contributed by atoms with Gasteiger partial charge in [-0.1, -0.05) is 54.4 Å². The number of alkyl halides is 2. The van der Waals surface area contributed by atoms with Gasteiger partial charge in [0.05, 0.1) is 11.9 Å². The van der Waals surface area contributed by atoms with Crippen LogP contribution in [0.5, 0.6) is 0 Å². The molecule has 1 N–H and O–H groups in total. The summed E-state index contributed by atoms with van der Waals surface area (Å²) >= 11 is 7.16. The minimum Gasteiger partial charge on any atom is -0.390 e. The van der Waals surface area contributed by atoms with E-state index in [0.717, 1.165) is 17.3 Å². The molecule has 1 aromatic carbocycles. The number of aliphatic hydroxyl groups excluding tert-OH is 1. The second-order valence-electron chi connectivity index (χ2n) is 12.6. The fourth-order valence-electron chi connectivity index (χ4n) is 8.83. The maximum atomic E-state index is 17.6. The molecule has 6 rings (SSSR count). The van der Waals surface area contributed by atoms with E-state index in [2.05, 4.69) is 11.8 Å². The molecule has 41 heavy (non-hydrogen) atoms. The van der Waals surface area contributed by atoms with Crippen LogP contribution in [0, 0.1) is 40.4 Å². The summed E-state index contributed by atoms with van der Waals surface area (Å²) < 4.78 is 33.4. The van der Waals surface area contributed by atoms with Crippen molar-refractivity contribution in [3.05, 3.63) is 58.7 Å². The van der Waals surface area contributed by atoms with Gasteiger partial charge in [0.2, 0.25) is 5.12 Å². The van der Waals surface area contributed by atoms with Crippen molar-refractivity contribution in [1.29, 1.82) is 0 Å². The van der Waals surface area contributed by atoms with Crippen LogP contribution in [0.3, 0.4) is 0 Å². The SMILES string of the molecule is CC#CCSC(=O)[C@@]12ON(Cc3ccc(Cl)cc3)C[C@@H]1C[C@H]1[C@@H]3C[C@H](F)C4=CC(=O)C=C[C@]4(C)[C@@]3(F)[C@@H](O)C[C@@]12C. The average Bonchev–Trinajstić information content (AvgIpc) is 3.40. The first-order valence-electron chi connectivity index (χ1n) is 14.1. The Morgan fingerprint density at radius 1 is 1.24 bits per heavy atom. The van der Waals surface area contributed by atoms with Crippen LogP contribution in [0.2, 0.25) is 5.02 Å². The van der Waals surface area contributed by atoms with Crippen LogP contribution in [0.25, 0.3) is 0 Å². The normalized spacial score (nSPS) is 42.9. The van der Waals surface area contributed by atoms with Gasteiger partial charge in [-0.15, -0.1) is 5.92 Å². The Morgan fingerprint density at radius 2 is 1.98 bits per heavy atom. The predicted molar refractivity (Wildman–Crippen MR) is 154 cm³/mol. The zero-order valence-corrected chi connectivity index (χ0v) is 24.9. The van der Waals surface area contributed by atoms with E-state index in [1.807, 2.05) is 19.1 Å². The van der Waals surface area contributed by atoms with Gasteiger partial charge < -0.3 is 5.11 Å². The summed E-state index contributed by atoms with van der Waals surface area (Å²) in [6.45, 7) is 6.09. The lowest BCUT2D eigenvalue weighted by molar-refractivity contribution is -0.266. The molecule has 1 saturated heterocycles.